The zero-order chi connectivity index (χ0) is 13.1. The van der Waals surface area contributed by atoms with E-state index in [1.54, 1.807) is 18.5 Å². The molecule has 0 fully saturated rings. The zero-order valence-corrected chi connectivity index (χ0v) is 10.2. The number of hydrogen-bond acceptors (Lipinski definition) is 3. The average molecular weight is 252 g/mol. The Balaban J connectivity index is 1.72. The van der Waals surface area contributed by atoms with Gasteiger partial charge in [-0.25, -0.2) is 4.98 Å². The Bertz CT molecular complexity index is 704. The van der Waals surface area contributed by atoms with E-state index in [9.17, 15) is 4.79 Å². The molecule has 2 aromatic carbocycles. The van der Waals surface area contributed by atoms with Gasteiger partial charge in [0.2, 0.25) is 0 Å². The molecule has 94 valence electrons. The quantitative estimate of drug-likeness (QED) is 0.576. The molecular weight excluding hydrogens is 240 g/mol. The molecule has 0 aliphatic rings. The minimum absolute atomic E-state index is 0.266. The van der Waals surface area contributed by atoms with Crippen LogP contribution in [0, 0.1) is 0 Å². The van der Waals surface area contributed by atoms with Gasteiger partial charge in [-0.3, -0.25) is 4.79 Å². The minimum atomic E-state index is -0.273. The van der Waals surface area contributed by atoms with E-state index in [-0.39, 0.29) is 12.4 Å². The third-order valence-corrected chi connectivity index (χ3v) is 2.81. The molecule has 1 N–H and O–H groups in total. The van der Waals surface area contributed by atoms with Crippen LogP contribution in [0.5, 0.6) is 5.75 Å². The lowest BCUT2D eigenvalue weighted by Gasteiger charge is -2.04. The largest absolute Gasteiger partial charge is 0.426 e. The molecule has 0 radical (unpaired) electrons. The van der Waals surface area contributed by atoms with Crippen molar-refractivity contribution in [1.82, 2.24) is 9.97 Å². The van der Waals surface area contributed by atoms with Crippen molar-refractivity contribution in [2.24, 2.45) is 0 Å². The highest BCUT2D eigenvalue weighted by atomic mass is 16.5. The molecule has 3 aromatic rings. The molecule has 4 heteroatoms. The molecular formula is C15H12N2O2. The number of fused-ring (bicyclic) bond motifs is 1. The van der Waals surface area contributed by atoms with Crippen LogP contribution in [0.25, 0.3) is 11.0 Å². The van der Waals surface area contributed by atoms with Crippen LogP contribution in [0.3, 0.4) is 0 Å². The van der Waals surface area contributed by atoms with E-state index in [1.807, 2.05) is 36.4 Å². The topological polar surface area (TPSA) is 55.0 Å². The number of carbonyl (C=O) groups is 1. The molecule has 3 rings (SSSR count). The van der Waals surface area contributed by atoms with Gasteiger partial charge in [0.25, 0.3) is 0 Å². The van der Waals surface area contributed by atoms with Crippen LogP contribution in [0.4, 0.5) is 0 Å². The van der Waals surface area contributed by atoms with E-state index >= 15 is 0 Å². The first-order chi connectivity index (χ1) is 9.31. The van der Waals surface area contributed by atoms with Crippen molar-refractivity contribution >= 4 is 17.0 Å². The highest BCUT2D eigenvalue weighted by molar-refractivity contribution is 5.79. The van der Waals surface area contributed by atoms with Gasteiger partial charge < -0.3 is 9.72 Å². The molecule has 1 aromatic heterocycles. The smallest absolute Gasteiger partial charge is 0.315 e. The molecule has 0 saturated carbocycles. The van der Waals surface area contributed by atoms with Crippen LogP contribution >= 0.6 is 0 Å². The fraction of sp³-hybridized carbons (Fsp3) is 0.0667. The number of imidazole rings is 1. The summed E-state index contributed by atoms with van der Waals surface area (Å²) < 4.78 is 5.31. The Labute approximate surface area is 110 Å². The van der Waals surface area contributed by atoms with Crippen molar-refractivity contribution in [3.8, 4) is 5.75 Å². The standard InChI is InChI=1S/C15H12N2O2/c18-15(8-11-4-2-1-3-5-11)19-12-6-7-13-14(9-12)17-10-16-13/h1-7,9-10H,8H2,(H,16,17). The number of aromatic nitrogens is 2. The molecule has 0 aliphatic carbocycles. The predicted molar refractivity (Wildman–Crippen MR) is 71.9 cm³/mol. The predicted octanol–water partition coefficient (Wildman–Crippen LogP) is 2.71. The van der Waals surface area contributed by atoms with Crippen molar-refractivity contribution in [2.45, 2.75) is 6.42 Å². The summed E-state index contributed by atoms with van der Waals surface area (Å²) in [5.74, 6) is 0.253. The number of ether oxygens (including phenoxy) is 1. The molecule has 4 nitrogen and oxygen atoms in total. The van der Waals surface area contributed by atoms with Crippen LogP contribution < -0.4 is 4.74 Å². The van der Waals surface area contributed by atoms with E-state index < -0.39 is 0 Å². The monoisotopic (exact) mass is 252 g/mol. The van der Waals surface area contributed by atoms with Crippen LogP contribution in [-0.4, -0.2) is 15.9 Å². The number of rotatable bonds is 3. The van der Waals surface area contributed by atoms with Crippen molar-refractivity contribution in [3.63, 3.8) is 0 Å². The summed E-state index contributed by atoms with van der Waals surface area (Å²) >= 11 is 0. The fourth-order valence-electron chi connectivity index (χ4n) is 1.91. The van der Waals surface area contributed by atoms with Crippen LogP contribution in [0.15, 0.2) is 54.9 Å². The van der Waals surface area contributed by atoms with Gasteiger partial charge in [-0.15, -0.1) is 0 Å². The molecule has 0 saturated heterocycles. The van der Waals surface area contributed by atoms with Gasteiger partial charge in [-0.05, 0) is 17.7 Å². The summed E-state index contributed by atoms with van der Waals surface area (Å²) in [6.07, 6.45) is 1.88. The second-order valence-electron chi connectivity index (χ2n) is 4.22. The summed E-state index contributed by atoms with van der Waals surface area (Å²) in [5.41, 5.74) is 2.64. The summed E-state index contributed by atoms with van der Waals surface area (Å²) in [4.78, 5) is 18.9. The van der Waals surface area contributed by atoms with Crippen molar-refractivity contribution < 1.29 is 9.53 Å². The molecule has 1 heterocycles. The molecule has 0 spiro atoms. The lowest BCUT2D eigenvalue weighted by Crippen LogP contribution is -2.11. The van der Waals surface area contributed by atoms with Crippen molar-refractivity contribution in [2.75, 3.05) is 0 Å². The Morgan fingerprint density at radius 3 is 2.84 bits per heavy atom. The fourth-order valence-corrected chi connectivity index (χ4v) is 1.91. The van der Waals surface area contributed by atoms with E-state index in [0.29, 0.717) is 5.75 Å². The Morgan fingerprint density at radius 2 is 2.00 bits per heavy atom. The van der Waals surface area contributed by atoms with Gasteiger partial charge in [0.05, 0.1) is 23.8 Å². The number of H-pyrrole nitrogens is 1. The molecule has 0 amide bonds. The van der Waals surface area contributed by atoms with Gasteiger partial charge in [-0.1, -0.05) is 30.3 Å². The highest BCUT2D eigenvalue weighted by Crippen LogP contribution is 2.18. The summed E-state index contributed by atoms with van der Waals surface area (Å²) in [7, 11) is 0. The minimum Gasteiger partial charge on any atom is -0.426 e. The van der Waals surface area contributed by atoms with Gasteiger partial charge >= 0.3 is 5.97 Å². The number of nitrogens with zero attached hydrogens (tertiary/aromatic N) is 1. The van der Waals surface area contributed by atoms with Gasteiger partial charge in [0.1, 0.15) is 5.75 Å². The Hall–Kier alpha value is -2.62. The summed E-state index contributed by atoms with van der Waals surface area (Å²) in [5, 5.41) is 0. The number of hydrogen-bond donors (Lipinski definition) is 1. The molecule has 0 atom stereocenters. The van der Waals surface area contributed by atoms with Gasteiger partial charge in [0.15, 0.2) is 0 Å². The summed E-state index contributed by atoms with van der Waals surface area (Å²) in [6.45, 7) is 0. The number of benzene rings is 2. The van der Waals surface area contributed by atoms with E-state index in [1.165, 1.54) is 0 Å². The van der Waals surface area contributed by atoms with Crippen molar-refractivity contribution in [1.29, 1.82) is 0 Å². The normalized spacial score (nSPS) is 10.5. The second kappa shape index (κ2) is 4.94. The lowest BCUT2D eigenvalue weighted by atomic mass is 10.2. The Morgan fingerprint density at radius 1 is 1.16 bits per heavy atom. The Kier molecular flexibility index (Phi) is 2.98. The highest BCUT2D eigenvalue weighted by Gasteiger charge is 2.07. The molecule has 0 aliphatic heterocycles. The third-order valence-electron chi connectivity index (χ3n) is 2.81. The van der Waals surface area contributed by atoms with Gasteiger partial charge in [0, 0.05) is 6.07 Å². The first-order valence-corrected chi connectivity index (χ1v) is 5.99. The van der Waals surface area contributed by atoms with E-state index in [0.717, 1.165) is 16.6 Å². The average Bonchev–Trinajstić information content (AvgIpc) is 2.87. The molecule has 0 bridgehead atoms. The molecule has 19 heavy (non-hydrogen) atoms. The second-order valence-corrected chi connectivity index (χ2v) is 4.22. The maximum absolute atomic E-state index is 11.8. The van der Waals surface area contributed by atoms with E-state index in [2.05, 4.69) is 9.97 Å². The zero-order valence-electron chi connectivity index (χ0n) is 10.2. The summed E-state index contributed by atoms with van der Waals surface area (Å²) in [6, 6.07) is 14.9. The number of aromatic amines is 1. The maximum atomic E-state index is 11.8. The first-order valence-electron chi connectivity index (χ1n) is 5.99. The maximum Gasteiger partial charge on any atom is 0.315 e. The first kappa shape index (κ1) is 11.5. The number of nitrogens with one attached hydrogen (secondary N) is 1. The van der Waals surface area contributed by atoms with Crippen molar-refractivity contribution in [3.05, 3.63) is 60.4 Å². The molecule has 0 unspecified atom stereocenters. The number of esters is 1. The lowest BCUT2D eigenvalue weighted by molar-refractivity contribution is -0.133. The van der Waals surface area contributed by atoms with Crippen LogP contribution in [0.2, 0.25) is 0 Å². The van der Waals surface area contributed by atoms with Crippen LogP contribution in [-0.2, 0) is 11.2 Å². The van der Waals surface area contributed by atoms with Crippen LogP contribution in [0.1, 0.15) is 5.56 Å². The van der Waals surface area contributed by atoms with Gasteiger partial charge in [-0.2, -0.15) is 0 Å². The SMILES string of the molecule is O=C(Cc1ccccc1)Oc1ccc2nc[nH]c2c1. The third kappa shape index (κ3) is 2.63. The van der Waals surface area contributed by atoms with E-state index in [4.69, 9.17) is 4.74 Å². The number of carbonyl (C=O) groups excluding carboxylic acids is 1.